The first-order valence-electron chi connectivity index (χ1n) is 11.6. The van der Waals surface area contributed by atoms with Crippen molar-refractivity contribution < 1.29 is 0 Å². The summed E-state index contributed by atoms with van der Waals surface area (Å²) < 4.78 is 14.6. The maximum atomic E-state index is 4.73. The fourth-order valence-corrected chi connectivity index (χ4v) is 11.6. The molecule has 35 heavy (non-hydrogen) atoms. The Hall–Kier alpha value is -0.680. The predicted octanol–water partition coefficient (Wildman–Crippen LogP) is 12.1. The number of halogens is 2. The Morgan fingerprint density at radius 2 is 1.06 bits per heavy atom. The largest absolute Gasteiger partial charge is 0.172 e. The molecule has 0 aliphatic rings. The summed E-state index contributed by atoms with van der Waals surface area (Å²) in [4.78, 5) is 5.29. The zero-order valence-electron chi connectivity index (χ0n) is 19.6. The van der Waals surface area contributed by atoms with E-state index in [2.05, 4.69) is 83.8 Å². The van der Waals surface area contributed by atoms with E-state index in [4.69, 9.17) is 8.75 Å². The van der Waals surface area contributed by atoms with Crippen LogP contribution in [-0.2, 0) is 0 Å². The van der Waals surface area contributed by atoms with Crippen molar-refractivity contribution >= 4 is 120 Å². The Bertz CT molecular complexity index is 1580. The Kier molecular flexibility index (Phi) is 6.74. The van der Waals surface area contributed by atoms with E-state index in [1.807, 2.05) is 45.3 Å². The maximum absolute atomic E-state index is 4.73. The molecule has 6 rings (SSSR count). The van der Waals surface area contributed by atoms with Crippen LogP contribution < -0.4 is 0 Å². The highest BCUT2D eigenvalue weighted by Crippen LogP contribution is 2.50. The first-order chi connectivity index (χ1) is 16.9. The zero-order chi connectivity index (χ0) is 24.4. The molecule has 0 amide bonds. The lowest BCUT2D eigenvalue weighted by molar-refractivity contribution is 0.734. The third-order valence-electron chi connectivity index (χ3n) is 6.87. The second-order valence-electron chi connectivity index (χ2n) is 8.97. The van der Waals surface area contributed by atoms with E-state index in [9.17, 15) is 0 Å². The van der Waals surface area contributed by atoms with Gasteiger partial charge in [0.1, 0.15) is 11.0 Å². The van der Waals surface area contributed by atoms with Gasteiger partial charge in [0.25, 0.3) is 0 Å². The van der Waals surface area contributed by atoms with Gasteiger partial charge in [0.05, 0.1) is 28.7 Å². The summed E-state index contributed by atoms with van der Waals surface area (Å²) in [6.45, 7) is 9.11. The Labute approximate surface area is 241 Å². The molecule has 9 heteroatoms. The minimum atomic E-state index is 0.551. The number of hydrogen-bond acceptors (Lipinski definition) is 7. The summed E-state index contributed by atoms with van der Waals surface area (Å²) in [5.74, 6) is 1.10. The molecule has 6 aromatic rings. The summed E-state index contributed by atoms with van der Waals surface area (Å²) in [5, 5.41) is 2.47. The van der Waals surface area contributed by atoms with Crippen molar-refractivity contribution in [1.29, 1.82) is 0 Å². The zero-order valence-corrected chi connectivity index (χ0v) is 26.8. The van der Waals surface area contributed by atoms with Crippen molar-refractivity contribution in [3.05, 3.63) is 43.0 Å². The monoisotopic (exact) mass is 680 g/mol. The fourth-order valence-electron chi connectivity index (χ4n) is 4.38. The highest BCUT2D eigenvalue weighted by Gasteiger charge is 2.22. The molecule has 1 aromatic carbocycles. The lowest BCUT2D eigenvalue weighted by Gasteiger charge is -2.05. The van der Waals surface area contributed by atoms with E-state index < -0.39 is 0 Å². The van der Waals surface area contributed by atoms with Crippen LogP contribution in [0.15, 0.2) is 31.8 Å². The number of nitrogens with zero attached hydrogens (tertiary/aromatic N) is 2. The molecule has 2 atom stereocenters. The van der Waals surface area contributed by atoms with Gasteiger partial charge in [-0.05, 0) is 91.9 Å². The molecule has 0 spiro atoms. The van der Waals surface area contributed by atoms with Crippen LogP contribution in [0.4, 0.5) is 0 Å². The lowest BCUT2D eigenvalue weighted by Crippen LogP contribution is -1.88. The third-order valence-corrected chi connectivity index (χ3v) is 14.0. The van der Waals surface area contributed by atoms with Gasteiger partial charge in [-0.1, -0.05) is 27.7 Å². The summed E-state index contributed by atoms with van der Waals surface area (Å²) in [5.41, 5.74) is 4.90. The topological polar surface area (TPSA) is 25.8 Å². The van der Waals surface area contributed by atoms with Crippen LogP contribution in [0.2, 0.25) is 0 Å². The smallest absolute Gasteiger partial charge is 0.114 e. The summed E-state index contributed by atoms with van der Waals surface area (Å²) in [7, 11) is 0. The Balaban J connectivity index is 1.55. The highest BCUT2D eigenvalue weighted by atomic mass is 79.9. The fraction of sp³-hybridized carbons (Fsp3) is 0.308. The molecule has 0 aliphatic carbocycles. The average Bonchev–Trinajstić information content (AvgIpc) is 3.65. The van der Waals surface area contributed by atoms with Crippen LogP contribution in [0.3, 0.4) is 0 Å². The maximum Gasteiger partial charge on any atom is 0.114 e. The van der Waals surface area contributed by atoms with Crippen molar-refractivity contribution in [2.45, 2.75) is 52.4 Å². The quantitative estimate of drug-likeness (QED) is 0.175. The lowest BCUT2D eigenvalue weighted by atomic mass is 10.0. The number of fused-ring (bicyclic) bond motifs is 6. The molecule has 2 unspecified atom stereocenters. The molecular weight excluding hydrogens is 660 g/mol. The van der Waals surface area contributed by atoms with E-state index in [1.54, 1.807) is 0 Å². The minimum absolute atomic E-state index is 0.551. The van der Waals surface area contributed by atoms with E-state index in [0.717, 1.165) is 23.9 Å². The van der Waals surface area contributed by atoms with Gasteiger partial charge in [0.2, 0.25) is 0 Å². The van der Waals surface area contributed by atoms with Crippen LogP contribution in [0.25, 0.3) is 50.7 Å². The van der Waals surface area contributed by atoms with Gasteiger partial charge in [-0.15, -0.1) is 45.3 Å². The van der Waals surface area contributed by atoms with Gasteiger partial charge in [-0.25, -0.2) is 0 Å². The van der Waals surface area contributed by atoms with E-state index >= 15 is 0 Å². The van der Waals surface area contributed by atoms with Crippen LogP contribution in [-0.4, -0.2) is 8.75 Å². The van der Waals surface area contributed by atoms with Gasteiger partial charge >= 0.3 is 0 Å². The van der Waals surface area contributed by atoms with Crippen molar-refractivity contribution in [2.75, 3.05) is 0 Å². The van der Waals surface area contributed by atoms with Crippen LogP contribution in [0.1, 0.15) is 63.5 Å². The average molecular weight is 683 g/mol. The molecule has 2 nitrogen and oxygen atoms in total. The molecule has 0 saturated heterocycles. The van der Waals surface area contributed by atoms with Crippen molar-refractivity contribution in [3.63, 3.8) is 0 Å². The molecule has 0 fully saturated rings. The molecule has 0 radical (unpaired) electrons. The molecule has 0 saturated carbocycles. The second kappa shape index (κ2) is 9.57. The number of benzene rings is 1. The predicted molar refractivity (Wildman–Crippen MR) is 168 cm³/mol. The standard InChI is InChI=1S/C26H22Br2N2S5/c1-5-11(3)13-7-19(33-25(13)27)17-9-15-21-22(30-35-29-21)16-10-18(32-24(16)23(15)31-17)20-8-14(12(4)6-2)26(28)34-20/h7-12H,5-6H2,1-4H3. The van der Waals surface area contributed by atoms with Crippen molar-refractivity contribution in [2.24, 2.45) is 0 Å². The van der Waals surface area contributed by atoms with Crippen LogP contribution in [0, 0.1) is 0 Å². The molecular formula is C26H22Br2N2S5. The van der Waals surface area contributed by atoms with E-state index in [-0.39, 0.29) is 0 Å². The van der Waals surface area contributed by atoms with Crippen LogP contribution in [0.5, 0.6) is 0 Å². The number of thiophene rings is 4. The Morgan fingerprint density at radius 1 is 0.657 bits per heavy atom. The second-order valence-corrected chi connectivity index (χ2v) is 16.3. The highest BCUT2D eigenvalue weighted by molar-refractivity contribution is 9.11. The summed E-state index contributed by atoms with van der Waals surface area (Å²) in [6, 6.07) is 9.43. The minimum Gasteiger partial charge on any atom is -0.172 e. The van der Waals surface area contributed by atoms with E-state index in [1.165, 1.54) is 70.1 Å². The van der Waals surface area contributed by atoms with Crippen LogP contribution >= 0.6 is 88.9 Å². The van der Waals surface area contributed by atoms with Gasteiger partial charge in [-0.2, -0.15) is 8.75 Å². The molecule has 5 heterocycles. The molecule has 0 N–H and O–H groups in total. The molecule has 180 valence electrons. The van der Waals surface area contributed by atoms with Gasteiger partial charge in [-0.3, -0.25) is 0 Å². The third kappa shape index (κ3) is 4.10. The van der Waals surface area contributed by atoms with Gasteiger partial charge < -0.3 is 0 Å². The Morgan fingerprint density at radius 3 is 1.46 bits per heavy atom. The van der Waals surface area contributed by atoms with Gasteiger partial charge in [0.15, 0.2) is 0 Å². The number of hydrogen-bond donors (Lipinski definition) is 0. The molecule has 0 bridgehead atoms. The van der Waals surface area contributed by atoms with Gasteiger partial charge in [0, 0.05) is 30.3 Å². The number of rotatable bonds is 6. The normalized spacial score (nSPS) is 14.0. The molecule has 5 aromatic heterocycles. The number of aromatic nitrogens is 2. The van der Waals surface area contributed by atoms with Crippen molar-refractivity contribution in [1.82, 2.24) is 8.75 Å². The van der Waals surface area contributed by atoms with E-state index in [0.29, 0.717) is 11.8 Å². The summed E-state index contributed by atoms with van der Waals surface area (Å²) in [6.07, 6.45) is 2.28. The van der Waals surface area contributed by atoms with Crippen molar-refractivity contribution in [3.8, 4) is 19.5 Å². The first-order valence-corrected chi connectivity index (χ1v) is 17.2. The SMILES string of the molecule is CCC(C)c1cc(-c2cc3c4nsnc4c4cc(-c5cc(C(C)CC)c(Br)s5)sc4c3s2)sc1Br. The molecule has 0 aliphatic heterocycles. The summed E-state index contributed by atoms with van der Waals surface area (Å²) >= 11 is 16.5. The first kappa shape index (κ1) is 24.6.